The van der Waals surface area contributed by atoms with Gasteiger partial charge in [-0.15, -0.1) is 0 Å². The lowest BCUT2D eigenvalue weighted by Crippen LogP contribution is -2.71. The molecule has 4 fully saturated rings. The van der Waals surface area contributed by atoms with Crippen molar-refractivity contribution in [1.82, 2.24) is 16.0 Å². The fourth-order valence-electron chi connectivity index (χ4n) is 8.53. The van der Waals surface area contributed by atoms with Crippen molar-refractivity contribution in [3.63, 3.8) is 0 Å². The SMILES string of the molecule is CC(=O)N[C@H]1[C@H](O[C@H]2[C@@H](O)[C@@H](CO)O[C@@H](O[C@@H]([C@@H](O)[C@H](O)CO)[C@H](CO)NC(C)=O)[C@@H]2O)O[C@H](CO)[C@@H](O)[C@@H]1O[C@@H]1O[C@H](CO)[C@H](O)[C@H](O[C@]2(C(=O)O)C[C@H](O)[C@@H](NC(C)=O)[C@H]([C@H](O)[C@H](O)CO)O2)[C@H]1O. The monoisotopic (exact) mass is 1040 g/mol. The van der Waals surface area contributed by atoms with Gasteiger partial charge in [-0.2, -0.15) is 0 Å². The van der Waals surface area contributed by atoms with Gasteiger partial charge >= 0.3 is 5.97 Å². The summed E-state index contributed by atoms with van der Waals surface area (Å²) in [6, 6.07) is -5.13. The number of aliphatic carboxylic acids is 1. The highest BCUT2D eigenvalue weighted by molar-refractivity contribution is 5.77. The summed E-state index contributed by atoms with van der Waals surface area (Å²) >= 11 is 0. The highest BCUT2D eigenvalue weighted by atomic mass is 16.8. The molecule has 412 valence electrons. The van der Waals surface area contributed by atoms with E-state index >= 15 is 0 Å². The number of rotatable bonds is 23. The Bertz CT molecular complexity index is 1730. The predicted molar refractivity (Wildman–Crippen MR) is 221 cm³/mol. The van der Waals surface area contributed by atoms with Gasteiger partial charge in [0, 0.05) is 27.2 Å². The fraction of sp³-hybridized carbons (Fsp3) is 0.897. The van der Waals surface area contributed by atoms with E-state index in [0.29, 0.717) is 0 Å². The van der Waals surface area contributed by atoms with E-state index in [0.717, 1.165) is 20.8 Å². The first-order valence-electron chi connectivity index (χ1n) is 22.1. The standard InChI is InChI=1S/C39H67N3O29/c1-11(49)40-14(5-43)30(23(55)16(53)6-44)67-36-28(60)33(26(58)19(9-47)65-36)69-35-22(42-13(3)51)31(25(57)18(8-46)64-35)68-37-29(61)34(27(59)20(10-48)66-37)71-39(38(62)63)4-15(52)21(41-12(2)50)32(70-39)24(56)17(54)7-45/h14-37,43-48,52-61H,4-10H2,1-3H3,(H,40,49)(H,41,50)(H,42,51)(H,62,63)/t14-,15-,16+,17+,18+,19+,20+,21+,22+,23-,24+,25+,26-,27-,28+,29+,30+,31+,32+,33-,34-,35-,36-,37-,39-/m0/s1. The molecule has 0 aliphatic carbocycles. The van der Waals surface area contributed by atoms with E-state index in [1.54, 1.807) is 0 Å². The summed E-state index contributed by atoms with van der Waals surface area (Å²) < 4.78 is 45.8. The first-order valence-corrected chi connectivity index (χ1v) is 22.1. The van der Waals surface area contributed by atoms with Crippen LogP contribution < -0.4 is 16.0 Å². The molecule has 0 aromatic heterocycles. The molecule has 0 aromatic rings. The number of hydrogen-bond acceptors (Lipinski definition) is 28. The number of aliphatic hydroxyl groups is 16. The first-order chi connectivity index (χ1) is 33.3. The number of amides is 3. The minimum atomic E-state index is -3.21. The Morgan fingerprint density at radius 1 is 0.606 bits per heavy atom. The van der Waals surface area contributed by atoms with Crippen molar-refractivity contribution < 1.29 is 144 Å². The molecule has 4 aliphatic heterocycles. The highest BCUT2D eigenvalue weighted by Crippen LogP contribution is 2.39. The molecule has 4 heterocycles. The summed E-state index contributed by atoms with van der Waals surface area (Å²) in [5, 5.41) is 188. The predicted octanol–water partition coefficient (Wildman–Crippen LogP) is -12.7. The number of carboxylic acid groups (broad SMARTS) is 1. The summed E-state index contributed by atoms with van der Waals surface area (Å²) in [7, 11) is 0. The van der Waals surface area contributed by atoms with Crippen molar-refractivity contribution in [2.24, 2.45) is 0 Å². The van der Waals surface area contributed by atoms with Gasteiger partial charge in [-0.05, 0) is 0 Å². The van der Waals surface area contributed by atoms with Crippen LogP contribution in [0, 0.1) is 0 Å². The van der Waals surface area contributed by atoms with E-state index in [9.17, 15) is 106 Å². The van der Waals surface area contributed by atoms with Gasteiger partial charge < -0.3 is 141 Å². The van der Waals surface area contributed by atoms with Crippen molar-refractivity contribution in [1.29, 1.82) is 0 Å². The third-order valence-electron chi connectivity index (χ3n) is 12.2. The molecule has 25 atom stereocenters. The molecular formula is C39H67N3O29. The molecular weight excluding hydrogens is 974 g/mol. The van der Waals surface area contributed by atoms with Crippen molar-refractivity contribution >= 4 is 23.7 Å². The molecule has 0 bridgehead atoms. The van der Waals surface area contributed by atoms with Crippen LogP contribution >= 0.6 is 0 Å². The summed E-state index contributed by atoms with van der Waals surface area (Å²) in [5.74, 6) is -7.83. The van der Waals surface area contributed by atoms with Crippen LogP contribution in [0.5, 0.6) is 0 Å². The largest absolute Gasteiger partial charge is 0.477 e. The summed E-state index contributed by atoms with van der Waals surface area (Å²) in [5.41, 5.74) is 0. The van der Waals surface area contributed by atoms with Gasteiger partial charge in [0.15, 0.2) is 18.9 Å². The Kier molecular flexibility index (Phi) is 22.5. The van der Waals surface area contributed by atoms with Crippen LogP contribution in [-0.2, 0) is 57.1 Å². The van der Waals surface area contributed by atoms with Crippen LogP contribution in [0.2, 0.25) is 0 Å². The minimum Gasteiger partial charge on any atom is -0.477 e. The lowest BCUT2D eigenvalue weighted by molar-refractivity contribution is -0.386. The van der Waals surface area contributed by atoms with E-state index in [1.165, 1.54) is 0 Å². The maximum atomic E-state index is 13.0. The van der Waals surface area contributed by atoms with Gasteiger partial charge in [-0.25, -0.2) is 4.79 Å². The summed E-state index contributed by atoms with van der Waals surface area (Å²) in [4.78, 5) is 49.7. The van der Waals surface area contributed by atoms with Gasteiger partial charge in [0.1, 0.15) is 110 Å². The third kappa shape index (κ3) is 14.0. The van der Waals surface area contributed by atoms with Gasteiger partial charge in [0.2, 0.25) is 17.7 Å². The topological polar surface area (TPSA) is 522 Å². The molecule has 0 aromatic carbocycles. The second-order valence-corrected chi connectivity index (χ2v) is 17.3. The van der Waals surface area contributed by atoms with Gasteiger partial charge in [-0.1, -0.05) is 0 Å². The number of hydrogen-bond donors (Lipinski definition) is 20. The Hall–Kier alpha value is -3.08. The molecule has 20 N–H and O–H groups in total. The normalized spacial score (nSPS) is 40.3. The molecule has 0 unspecified atom stereocenters. The number of carbonyl (C=O) groups excluding carboxylic acids is 3. The molecule has 3 amide bonds. The maximum Gasteiger partial charge on any atom is 0.364 e. The van der Waals surface area contributed by atoms with Crippen LogP contribution in [0.15, 0.2) is 0 Å². The zero-order valence-corrected chi connectivity index (χ0v) is 38.3. The average Bonchev–Trinajstić information content (AvgIpc) is 3.32. The average molecular weight is 1040 g/mol. The van der Waals surface area contributed by atoms with Crippen molar-refractivity contribution in [2.75, 3.05) is 39.6 Å². The minimum absolute atomic E-state index is 0.780. The number of carboxylic acids is 1. The van der Waals surface area contributed by atoms with E-state index in [1.807, 2.05) is 0 Å². The lowest BCUT2D eigenvalue weighted by Gasteiger charge is -2.51. The van der Waals surface area contributed by atoms with Crippen LogP contribution in [0.4, 0.5) is 0 Å². The summed E-state index contributed by atoms with van der Waals surface area (Å²) in [6.45, 7) is -3.52. The molecule has 0 spiro atoms. The molecule has 4 aliphatic rings. The van der Waals surface area contributed by atoms with Gasteiger partial charge in [-0.3, -0.25) is 14.4 Å². The second kappa shape index (κ2) is 26.4. The molecule has 71 heavy (non-hydrogen) atoms. The zero-order chi connectivity index (χ0) is 53.4. The van der Waals surface area contributed by atoms with Crippen molar-refractivity contribution in [3.05, 3.63) is 0 Å². The smallest absolute Gasteiger partial charge is 0.364 e. The number of carbonyl (C=O) groups is 4. The quantitative estimate of drug-likeness (QED) is 0.0452. The Morgan fingerprint density at radius 3 is 1.58 bits per heavy atom. The molecule has 4 saturated heterocycles. The van der Waals surface area contributed by atoms with Crippen LogP contribution in [0.3, 0.4) is 0 Å². The number of ether oxygens (including phenoxy) is 8. The Labute approximate surface area is 402 Å². The molecule has 0 saturated carbocycles. The zero-order valence-electron chi connectivity index (χ0n) is 38.3. The maximum absolute atomic E-state index is 13.0. The highest BCUT2D eigenvalue weighted by Gasteiger charge is 2.61. The van der Waals surface area contributed by atoms with E-state index in [4.69, 9.17) is 37.9 Å². The van der Waals surface area contributed by atoms with Gasteiger partial charge in [0.25, 0.3) is 5.79 Å². The molecule has 0 radical (unpaired) electrons. The fourth-order valence-corrected chi connectivity index (χ4v) is 8.53. The molecule has 32 heteroatoms. The van der Waals surface area contributed by atoms with Crippen LogP contribution in [0.25, 0.3) is 0 Å². The summed E-state index contributed by atoms with van der Waals surface area (Å²) in [6.07, 6.45) is -45.0. The van der Waals surface area contributed by atoms with E-state index in [2.05, 4.69) is 16.0 Å². The Balaban J connectivity index is 1.71. The number of nitrogens with one attached hydrogen (secondary N) is 3. The number of aliphatic hydroxyl groups excluding tert-OH is 16. The van der Waals surface area contributed by atoms with E-state index < -0.39 is 222 Å². The Morgan fingerprint density at radius 2 is 1.08 bits per heavy atom. The lowest BCUT2D eigenvalue weighted by atomic mass is 9.88. The molecule has 32 nitrogen and oxygen atoms in total. The van der Waals surface area contributed by atoms with Crippen LogP contribution in [-0.4, -0.2) is 303 Å². The van der Waals surface area contributed by atoms with Crippen LogP contribution in [0.1, 0.15) is 27.2 Å². The van der Waals surface area contributed by atoms with Gasteiger partial charge in [0.05, 0.1) is 57.8 Å². The van der Waals surface area contributed by atoms with E-state index in [-0.39, 0.29) is 0 Å². The first kappa shape index (κ1) is 60.5. The van der Waals surface area contributed by atoms with Crippen molar-refractivity contribution in [3.8, 4) is 0 Å². The second-order valence-electron chi connectivity index (χ2n) is 17.3. The van der Waals surface area contributed by atoms with Crippen molar-refractivity contribution in [2.45, 2.75) is 180 Å². The third-order valence-corrected chi connectivity index (χ3v) is 12.2. The molecule has 4 rings (SSSR count).